The molecule has 0 radical (unpaired) electrons. The maximum atomic E-state index is 12.6. The average Bonchev–Trinajstić information content (AvgIpc) is 3.09. The standard InChI is InChI=1S/C19H23N3O/c1-3-19(2)12-14-8-4-5-9-15(14)17(16(19)13-20)21-18(23)22-10-6-7-11-22/h4-5,8-9H,3,6-7,10-12H2,1-2H3,(H,21,23)/t19-/m1/s1. The Morgan fingerprint density at radius 3 is 2.70 bits per heavy atom. The third-order valence-corrected chi connectivity index (χ3v) is 5.24. The van der Waals surface area contributed by atoms with E-state index in [-0.39, 0.29) is 11.4 Å². The van der Waals surface area contributed by atoms with Gasteiger partial charge in [-0.1, -0.05) is 38.1 Å². The number of allylic oxidation sites excluding steroid dienone is 1. The molecule has 4 heteroatoms. The second-order valence-electron chi connectivity index (χ2n) is 6.73. The van der Waals surface area contributed by atoms with Gasteiger partial charge in [-0.25, -0.2) is 4.79 Å². The first kappa shape index (κ1) is 15.6. The molecule has 1 aromatic rings. The quantitative estimate of drug-likeness (QED) is 0.905. The molecule has 0 saturated carbocycles. The second kappa shape index (κ2) is 6.08. The fraction of sp³-hybridized carbons (Fsp3) is 0.474. The fourth-order valence-electron chi connectivity index (χ4n) is 3.59. The molecule has 23 heavy (non-hydrogen) atoms. The largest absolute Gasteiger partial charge is 0.325 e. The lowest BCUT2D eigenvalue weighted by molar-refractivity contribution is 0.213. The van der Waals surface area contributed by atoms with Gasteiger partial charge in [-0.05, 0) is 31.2 Å². The van der Waals surface area contributed by atoms with Crippen LogP contribution in [0.3, 0.4) is 0 Å². The lowest BCUT2D eigenvalue weighted by atomic mass is 9.69. The molecule has 1 saturated heterocycles. The summed E-state index contributed by atoms with van der Waals surface area (Å²) in [5.74, 6) is 0. The molecule has 1 aliphatic heterocycles. The lowest BCUT2D eigenvalue weighted by Crippen LogP contribution is -2.40. The number of nitrogens with zero attached hydrogens (tertiary/aromatic N) is 2. The minimum absolute atomic E-state index is 0.0830. The van der Waals surface area contributed by atoms with Crippen LogP contribution in [-0.4, -0.2) is 24.0 Å². The molecule has 2 amide bonds. The molecule has 3 rings (SSSR count). The number of amides is 2. The Morgan fingerprint density at radius 2 is 2.04 bits per heavy atom. The molecule has 2 aliphatic rings. The molecule has 0 bridgehead atoms. The van der Waals surface area contributed by atoms with Gasteiger partial charge in [0.2, 0.25) is 0 Å². The van der Waals surface area contributed by atoms with E-state index >= 15 is 0 Å². The van der Waals surface area contributed by atoms with Crippen molar-refractivity contribution in [2.75, 3.05) is 13.1 Å². The Bertz CT molecular complexity index is 695. The van der Waals surface area contributed by atoms with Gasteiger partial charge in [0.1, 0.15) is 0 Å². The minimum Gasteiger partial charge on any atom is -0.325 e. The summed E-state index contributed by atoms with van der Waals surface area (Å²) < 4.78 is 0. The number of hydrogen-bond donors (Lipinski definition) is 1. The number of rotatable bonds is 2. The van der Waals surface area contributed by atoms with Crippen molar-refractivity contribution in [1.29, 1.82) is 5.26 Å². The van der Waals surface area contributed by atoms with Gasteiger partial charge < -0.3 is 10.2 Å². The summed E-state index contributed by atoms with van der Waals surface area (Å²) in [4.78, 5) is 14.4. The molecule has 1 aliphatic carbocycles. The zero-order chi connectivity index (χ0) is 16.4. The molecule has 1 atom stereocenters. The van der Waals surface area contributed by atoms with Crippen LogP contribution in [0.15, 0.2) is 29.8 Å². The van der Waals surface area contributed by atoms with Crippen LogP contribution in [0.5, 0.6) is 0 Å². The molecule has 1 aromatic carbocycles. The van der Waals surface area contributed by atoms with Crippen molar-refractivity contribution in [3.63, 3.8) is 0 Å². The van der Waals surface area contributed by atoms with E-state index < -0.39 is 0 Å². The molecule has 0 unspecified atom stereocenters. The van der Waals surface area contributed by atoms with Crippen LogP contribution in [0.1, 0.15) is 44.2 Å². The summed E-state index contributed by atoms with van der Waals surface area (Å²) in [5, 5.41) is 12.8. The number of benzene rings is 1. The number of carbonyl (C=O) groups excluding carboxylic acids is 1. The summed E-state index contributed by atoms with van der Waals surface area (Å²) >= 11 is 0. The number of likely N-dealkylation sites (tertiary alicyclic amines) is 1. The number of nitrogens with one attached hydrogen (secondary N) is 1. The molecule has 4 nitrogen and oxygen atoms in total. The summed E-state index contributed by atoms with van der Waals surface area (Å²) in [5.41, 5.74) is 3.37. The number of carbonyl (C=O) groups is 1. The monoisotopic (exact) mass is 309 g/mol. The first-order chi connectivity index (χ1) is 11.1. The predicted octanol–water partition coefficient (Wildman–Crippen LogP) is 3.70. The highest BCUT2D eigenvalue weighted by molar-refractivity contribution is 5.89. The van der Waals surface area contributed by atoms with Crippen LogP contribution in [0.2, 0.25) is 0 Å². The molecule has 120 valence electrons. The van der Waals surface area contributed by atoms with Crippen molar-refractivity contribution < 1.29 is 4.79 Å². The van der Waals surface area contributed by atoms with Gasteiger partial charge in [0.25, 0.3) is 0 Å². The van der Waals surface area contributed by atoms with E-state index in [4.69, 9.17) is 0 Å². The molecule has 1 heterocycles. The van der Waals surface area contributed by atoms with Crippen molar-refractivity contribution >= 4 is 11.7 Å². The Balaban J connectivity index is 2.04. The van der Waals surface area contributed by atoms with Crippen molar-refractivity contribution in [1.82, 2.24) is 10.2 Å². The van der Waals surface area contributed by atoms with Gasteiger partial charge in [-0.2, -0.15) is 5.26 Å². The molecular formula is C19H23N3O. The third-order valence-electron chi connectivity index (χ3n) is 5.24. The average molecular weight is 309 g/mol. The normalized spacial score (nSPS) is 23.4. The van der Waals surface area contributed by atoms with Crippen molar-refractivity contribution in [3.8, 4) is 6.07 Å². The Kier molecular flexibility index (Phi) is 4.12. The highest BCUT2D eigenvalue weighted by Crippen LogP contribution is 2.43. The smallest absolute Gasteiger partial charge is 0.321 e. The summed E-state index contributed by atoms with van der Waals surface area (Å²) in [6.07, 6.45) is 3.82. The van der Waals surface area contributed by atoms with Gasteiger partial charge in [-0.15, -0.1) is 0 Å². The van der Waals surface area contributed by atoms with E-state index in [0.29, 0.717) is 11.3 Å². The Hall–Kier alpha value is -2.28. The van der Waals surface area contributed by atoms with E-state index in [1.807, 2.05) is 23.1 Å². The van der Waals surface area contributed by atoms with E-state index in [1.165, 1.54) is 5.56 Å². The number of hydrogen-bond acceptors (Lipinski definition) is 2. The van der Waals surface area contributed by atoms with Crippen LogP contribution < -0.4 is 5.32 Å². The zero-order valence-electron chi connectivity index (χ0n) is 13.9. The van der Waals surface area contributed by atoms with Gasteiger partial charge in [-0.3, -0.25) is 0 Å². The summed E-state index contributed by atoms with van der Waals surface area (Å²) in [6.45, 7) is 5.82. The minimum atomic E-state index is -0.225. The maximum Gasteiger partial charge on any atom is 0.321 e. The first-order valence-corrected chi connectivity index (χ1v) is 8.38. The van der Waals surface area contributed by atoms with Crippen LogP contribution in [0, 0.1) is 16.7 Å². The van der Waals surface area contributed by atoms with Crippen LogP contribution in [-0.2, 0) is 6.42 Å². The first-order valence-electron chi connectivity index (χ1n) is 8.38. The zero-order valence-corrected chi connectivity index (χ0v) is 13.9. The van der Waals surface area contributed by atoms with Crippen LogP contribution in [0.25, 0.3) is 5.70 Å². The summed E-state index contributed by atoms with van der Waals surface area (Å²) in [7, 11) is 0. The fourth-order valence-corrected chi connectivity index (χ4v) is 3.59. The topological polar surface area (TPSA) is 56.1 Å². The molecule has 0 aromatic heterocycles. The number of urea groups is 1. The SMILES string of the molecule is CC[C@]1(C)Cc2ccccc2C(NC(=O)N2CCCC2)=C1C#N. The Labute approximate surface area is 137 Å². The van der Waals surface area contributed by atoms with Crippen LogP contribution >= 0.6 is 0 Å². The number of fused-ring (bicyclic) bond motifs is 1. The van der Waals surface area contributed by atoms with Gasteiger partial charge in [0.05, 0.1) is 17.3 Å². The van der Waals surface area contributed by atoms with Crippen molar-refractivity contribution in [3.05, 3.63) is 41.0 Å². The van der Waals surface area contributed by atoms with E-state index in [9.17, 15) is 10.1 Å². The van der Waals surface area contributed by atoms with Gasteiger partial charge >= 0.3 is 6.03 Å². The van der Waals surface area contributed by atoms with Gasteiger partial charge in [0, 0.05) is 24.1 Å². The maximum absolute atomic E-state index is 12.6. The summed E-state index contributed by atoms with van der Waals surface area (Å²) in [6, 6.07) is 10.4. The number of nitriles is 1. The highest BCUT2D eigenvalue weighted by atomic mass is 16.2. The van der Waals surface area contributed by atoms with E-state index in [0.717, 1.165) is 44.3 Å². The Morgan fingerprint density at radius 1 is 1.35 bits per heavy atom. The molecular weight excluding hydrogens is 286 g/mol. The van der Waals surface area contributed by atoms with Crippen LogP contribution in [0.4, 0.5) is 4.79 Å². The molecule has 0 spiro atoms. The third kappa shape index (κ3) is 2.72. The predicted molar refractivity (Wildman–Crippen MR) is 90.4 cm³/mol. The molecule has 1 N–H and O–H groups in total. The van der Waals surface area contributed by atoms with E-state index in [1.54, 1.807) is 0 Å². The van der Waals surface area contributed by atoms with Gasteiger partial charge in [0.15, 0.2) is 0 Å². The van der Waals surface area contributed by atoms with Crippen molar-refractivity contribution in [2.45, 2.75) is 39.5 Å². The van der Waals surface area contributed by atoms with E-state index in [2.05, 4.69) is 31.3 Å². The molecule has 1 fully saturated rings. The lowest BCUT2D eigenvalue weighted by Gasteiger charge is -2.36. The highest BCUT2D eigenvalue weighted by Gasteiger charge is 2.37. The van der Waals surface area contributed by atoms with Crippen molar-refractivity contribution in [2.24, 2.45) is 5.41 Å². The second-order valence-corrected chi connectivity index (χ2v) is 6.73.